The number of hydrogen-bond donors (Lipinski definition) is 1. The van der Waals surface area contributed by atoms with Gasteiger partial charge in [-0.2, -0.15) is 0 Å². The van der Waals surface area contributed by atoms with Gasteiger partial charge in [-0.1, -0.05) is 55.8 Å². The Hall–Kier alpha value is -1.80. The van der Waals surface area contributed by atoms with Crippen molar-refractivity contribution in [2.75, 3.05) is 13.6 Å². The van der Waals surface area contributed by atoms with E-state index >= 15 is 0 Å². The molecule has 2 aromatic carbocycles. The van der Waals surface area contributed by atoms with Crippen molar-refractivity contribution < 1.29 is 4.74 Å². The molecule has 1 N–H and O–H groups in total. The average Bonchev–Trinajstić information content (AvgIpc) is 2.50. The maximum atomic E-state index is 6.11. The zero-order valence-electron chi connectivity index (χ0n) is 12.3. The van der Waals surface area contributed by atoms with E-state index in [1.807, 2.05) is 25.2 Å². The molecule has 2 heteroatoms. The van der Waals surface area contributed by atoms with Crippen molar-refractivity contribution in [3.63, 3.8) is 0 Å². The molecule has 0 fully saturated rings. The fourth-order valence-electron chi connectivity index (χ4n) is 2.27. The molecule has 0 heterocycles. The molecule has 0 aliphatic rings. The Morgan fingerprint density at radius 2 is 1.70 bits per heavy atom. The molecule has 0 saturated carbocycles. The summed E-state index contributed by atoms with van der Waals surface area (Å²) in [4.78, 5) is 0. The van der Waals surface area contributed by atoms with Crippen LogP contribution < -0.4 is 10.1 Å². The van der Waals surface area contributed by atoms with Crippen molar-refractivity contribution in [2.24, 2.45) is 0 Å². The van der Waals surface area contributed by atoms with Crippen LogP contribution in [0.15, 0.2) is 54.6 Å². The van der Waals surface area contributed by atoms with Crippen LogP contribution in [-0.4, -0.2) is 13.6 Å². The molecular formula is C18H23NO. The van der Waals surface area contributed by atoms with Crippen LogP contribution in [0.2, 0.25) is 0 Å². The summed E-state index contributed by atoms with van der Waals surface area (Å²) in [7, 11) is 1.95. The van der Waals surface area contributed by atoms with Gasteiger partial charge in [0.1, 0.15) is 11.9 Å². The first kappa shape index (κ1) is 14.6. The van der Waals surface area contributed by atoms with Gasteiger partial charge in [-0.3, -0.25) is 0 Å². The van der Waals surface area contributed by atoms with Gasteiger partial charge in [-0.25, -0.2) is 0 Å². The Morgan fingerprint density at radius 3 is 2.30 bits per heavy atom. The molecule has 0 aliphatic carbocycles. The van der Waals surface area contributed by atoms with E-state index in [2.05, 4.69) is 48.6 Å². The first-order valence-corrected chi connectivity index (χ1v) is 7.28. The van der Waals surface area contributed by atoms with Crippen molar-refractivity contribution in [3.8, 4) is 5.75 Å². The van der Waals surface area contributed by atoms with E-state index in [1.54, 1.807) is 0 Å². The Morgan fingerprint density at radius 1 is 1.00 bits per heavy atom. The molecule has 2 aromatic rings. The van der Waals surface area contributed by atoms with E-state index < -0.39 is 0 Å². The fourth-order valence-corrected chi connectivity index (χ4v) is 2.27. The number of hydrogen-bond acceptors (Lipinski definition) is 2. The molecule has 0 aromatic heterocycles. The van der Waals surface area contributed by atoms with Crippen molar-refractivity contribution in [1.82, 2.24) is 5.32 Å². The largest absolute Gasteiger partial charge is 0.484 e. The van der Waals surface area contributed by atoms with Crippen LogP contribution in [0.25, 0.3) is 0 Å². The summed E-state index contributed by atoms with van der Waals surface area (Å²) in [6, 6.07) is 18.8. The third-order valence-electron chi connectivity index (χ3n) is 3.30. The summed E-state index contributed by atoms with van der Waals surface area (Å²) >= 11 is 0. The highest BCUT2D eigenvalue weighted by molar-refractivity contribution is 5.29. The minimum atomic E-state index is 0.0400. The quantitative estimate of drug-likeness (QED) is 0.821. The third kappa shape index (κ3) is 4.10. The highest BCUT2D eigenvalue weighted by Gasteiger charge is 2.11. The van der Waals surface area contributed by atoms with Gasteiger partial charge in [0.25, 0.3) is 0 Å². The third-order valence-corrected chi connectivity index (χ3v) is 3.30. The van der Waals surface area contributed by atoms with Gasteiger partial charge in [-0.05, 0) is 36.7 Å². The van der Waals surface area contributed by atoms with Crippen molar-refractivity contribution in [2.45, 2.75) is 25.9 Å². The van der Waals surface area contributed by atoms with E-state index in [9.17, 15) is 0 Å². The van der Waals surface area contributed by atoms with Crippen molar-refractivity contribution >= 4 is 0 Å². The second kappa shape index (κ2) is 7.71. The molecule has 0 saturated heterocycles. The number of benzene rings is 2. The lowest BCUT2D eigenvalue weighted by Gasteiger charge is -2.19. The van der Waals surface area contributed by atoms with Crippen LogP contribution in [0.4, 0.5) is 0 Å². The van der Waals surface area contributed by atoms with Crippen molar-refractivity contribution in [1.29, 1.82) is 0 Å². The second-order valence-corrected chi connectivity index (χ2v) is 4.97. The Labute approximate surface area is 121 Å². The van der Waals surface area contributed by atoms with Crippen LogP contribution in [0, 0.1) is 0 Å². The van der Waals surface area contributed by atoms with Gasteiger partial charge in [0.2, 0.25) is 0 Å². The lowest BCUT2D eigenvalue weighted by molar-refractivity contribution is 0.205. The van der Waals surface area contributed by atoms with Gasteiger partial charge >= 0.3 is 0 Å². The molecule has 0 radical (unpaired) electrons. The zero-order valence-corrected chi connectivity index (χ0v) is 12.3. The summed E-state index contributed by atoms with van der Waals surface area (Å²) in [5, 5.41) is 3.19. The minimum absolute atomic E-state index is 0.0400. The summed E-state index contributed by atoms with van der Waals surface area (Å²) in [6.45, 7) is 2.99. The predicted octanol–water partition coefficient (Wildman–Crippen LogP) is 3.98. The number of rotatable bonds is 7. The van der Waals surface area contributed by atoms with Crippen LogP contribution >= 0.6 is 0 Å². The van der Waals surface area contributed by atoms with E-state index in [0.29, 0.717) is 0 Å². The summed E-state index contributed by atoms with van der Waals surface area (Å²) in [5.74, 6) is 0.925. The van der Waals surface area contributed by atoms with E-state index in [1.165, 1.54) is 17.5 Å². The number of nitrogens with one attached hydrogen (secondary N) is 1. The smallest absolute Gasteiger partial charge is 0.136 e. The molecule has 2 rings (SSSR count). The second-order valence-electron chi connectivity index (χ2n) is 4.97. The lowest BCUT2D eigenvalue weighted by atomic mass is 10.1. The summed E-state index contributed by atoms with van der Waals surface area (Å²) < 4.78 is 6.11. The Kier molecular flexibility index (Phi) is 5.63. The van der Waals surface area contributed by atoms with Crippen LogP contribution in [0.3, 0.4) is 0 Å². The standard InChI is InChI=1S/C18H23NO/c1-3-7-15-10-12-17(13-11-15)20-18(14-19-2)16-8-5-4-6-9-16/h4-6,8-13,18-19H,3,7,14H2,1-2H3. The number of aryl methyl sites for hydroxylation is 1. The maximum absolute atomic E-state index is 6.11. The maximum Gasteiger partial charge on any atom is 0.136 e. The number of ether oxygens (including phenoxy) is 1. The predicted molar refractivity (Wildman–Crippen MR) is 84.2 cm³/mol. The van der Waals surface area contributed by atoms with Gasteiger partial charge in [0.05, 0.1) is 0 Å². The summed E-state index contributed by atoms with van der Waals surface area (Å²) in [6.07, 6.45) is 2.34. The van der Waals surface area contributed by atoms with E-state index in [4.69, 9.17) is 4.74 Å². The van der Waals surface area contributed by atoms with Gasteiger partial charge < -0.3 is 10.1 Å². The molecule has 0 amide bonds. The first-order valence-electron chi connectivity index (χ1n) is 7.28. The van der Waals surface area contributed by atoms with Gasteiger partial charge in [-0.15, -0.1) is 0 Å². The normalized spacial score (nSPS) is 12.1. The molecule has 0 spiro atoms. The molecule has 0 aliphatic heterocycles. The van der Waals surface area contributed by atoms with Crippen molar-refractivity contribution in [3.05, 3.63) is 65.7 Å². The molecule has 1 unspecified atom stereocenters. The fraction of sp³-hybridized carbons (Fsp3) is 0.333. The van der Waals surface area contributed by atoms with E-state index in [-0.39, 0.29) is 6.10 Å². The highest BCUT2D eigenvalue weighted by Crippen LogP contribution is 2.22. The Bertz CT molecular complexity index is 493. The molecule has 1 atom stereocenters. The zero-order chi connectivity index (χ0) is 14.2. The molecule has 106 valence electrons. The van der Waals surface area contributed by atoms with E-state index in [0.717, 1.165) is 18.7 Å². The van der Waals surface area contributed by atoms with Crippen LogP contribution in [0.1, 0.15) is 30.6 Å². The molecular weight excluding hydrogens is 246 g/mol. The van der Waals surface area contributed by atoms with Gasteiger partial charge in [0, 0.05) is 6.54 Å². The highest BCUT2D eigenvalue weighted by atomic mass is 16.5. The monoisotopic (exact) mass is 269 g/mol. The minimum Gasteiger partial charge on any atom is -0.484 e. The van der Waals surface area contributed by atoms with Gasteiger partial charge in [0.15, 0.2) is 0 Å². The topological polar surface area (TPSA) is 21.3 Å². The first-order chi connectivity index (χ1) is 9.83. The molecule has 20 heavy (non-hydrogen) atoms. The average molecular weight is 269 g/mol. The summed E-state index contributed by atoms with van der Waals surface area (Å²) in [5.41, 5.74) is 2.56. The molecule has 2 nitrogen and oxygen atoms in total. The lowest BCUT2D eigenvalue weighted by Crippen LogP contribution is -2.21. The number of likely N-dealkylation sites (N-methyl/N-ethyl adjacent to an activating group) is 1. The molecule has 0 bridgehead atoms. The van der Waals surface area contributed by atoms with Crippen LogP contribution in [0.5, 0.6) is 5.75 Å². The Balaban J connectivity index is 2.08. The SMILES string of the molecule is CCCc1ccc(OC(CNC)c2ccccc2)cc1. The van der Waals surface area contributed by atoms with Crippen LogP contribution in [-0.2, 0) is 6.42 Å².